The number of esters is 1. The molecule has 2 unspecified atom stereocenters. The number of ether oxygens (including phenoxy) is 1. The highest BCUT2D eigenvalue weighted by molar-refractivity contribution is 5.79. The maximum Gasteiger partial charge on any atom is 0.309 e. The summed E-state index contributed by atoms with van der Waals surface area (Å²) in [7, 11) is 0. The molecule has 4 rings (SSSR count). The standard InChI is InChI=1S/C27H28F2N2O3/c1-27(2,3)26-30-24(17-6-10-19(28)11-7-17)25(18-8-12-20(29)13-9-18)31(26)14-4-5-22-15-21(32)16-23(33)34-22/h4-13,21-22,32H,14-16H2,1-3H3. The van der Waals surface area contributed by atoms with E-state index in [1.807, 2.05) is 10.6 Å². The number of hydrogen-bond acceptors (Lipinski definition) is 4. The SMILES string of the molecule is CC(C)(C)c1nc(-c2ccc(F)cc2)c(-c2ccc(F)cc2)n1CC=CC1CC(O)CC(=O)O1. The summed E-state index contributed by atoms with van der Waals surface area (Å²) in [5, 5.41) is 9.87. The Bertz CT molecular complexity index is 1190. The average molecular weight is 467 g/mol. The van der Waals surface area contributed by atoms with Gasteiger partial charge in [-0.1, -0.05) is 26.8 Å². The second-order valence-corrected chi connectivity index (χ2v) is 9.56. The fourth-order valence-corrected chi connectivity index (χ4v) is 4.16. The molecule has 0 aliphatic carbocycles. The Kier molecular flexibility index (Phi) is 6.66. The van der Waals surface area contributed by atoms with Crippen molar-refractivity contribution < 1.29 is 23.4 Å². The lowest BCUT2D eigenvalue weighted by Crippen LogP contribution is -2.31. The van der Waals surface area contributed by atoms with Crippen molar-refractivity contribution in [2.24, 2.45) is 0 Å². The Morgan fingerprint density at radius 2 is 1.65 bits per heavy atom. The van der Waals surface area contributed by atoms with E-state index in [4.69, 9.17) is 9.72 Å². The summed E-state index contributed by atoms with van der Waals surface area (Å²) in [6, 6.07) is 12.3. The van der Waals surface area contributed by atoms with Gasteiger partial charge in [-0.3, -0.25) is 4.79 Å². The molecule has 2 heterocycles. The van der Waals surface area contributed by atoms with E-state index in [2.05, 4.69) is 20.8 Å². The van der Waals surface area contributed by atoms with Crippen molar-refractivity contribution in [3.63, 3.8) is 0 Å². The van der Waals surface area contributed by atoms with Crippen LogP contribution in [0.4, 0.5) is 8.78 Å². The summed E-state index contributed by atoms with van der Waals surface area (Å²) in [4.78, 5) is 16.6. The summed E-state index contributed by atoms with van der Waals surface area (Å²) < 4.78 is 34.7. The van der Waals surface area contributed by atoms with Gasteiger partial charge in [0, 0.05) is 29.5 Å². The lowest BCUT2D eigenvalue weighted by atomic mass is 9.95. The summed E-state index contributed by atoms with van der Waals surface area (Å²) in [5.41, 5.74) is 2.65. The highest BCUT2D eigenvalue weighted by Gasteiger charge is 2.28. The third-order valence-corrected chi connectivity index (χ3v) is 5.70. The van der Waals surface area contributed by atoms with E-state index in [-0.39, 0.29) is 23.5 Å². The molecule has 1 aromatic heterocycles. The van der Waals surface area contributed by atoms with Gasteiger partial charge in [0.25, 0.3) is 0 Å². The first-order chi connectivity index (χ1) is 16.1. The van der Waals surface area contributed by atoms with Crippen molar-refractivity contribution >= 4 is 5.97 Å². The van der Waals surface area contributed by atoms with E-state index in [1.165, 1.54) is 24.3 Å². The molecule has 1 N–H and O–H groups in total. The summed E-state index contributed by atoms with van der Waals surface area (Å²) in [6.07, 6.45) is 2.81. The number of halogens is 2. The number of aromatic nitrogens is 2. The second-order valence-electron chi connectivity index (χ2n) is 9.56. The molecule has 0 bridgehead atoms. The van der Waals surface area contributed by atoms with Crippen molar-refractivity contribution in [1.82, 2.24) is 9.55 Å². The minimum Gasteiger partial charge on any atom is -0.458 e. The molecule has 1 fully saturated rings. The first-order valence-corrected chi connectivity index (χ1v) is 11.3. The lowest BCUT2D eigenvalue weighted by Gasteiger charge is -2.24. The number of aliphatic hydroxyl groups is 1. The van der Waals surface area contributed by atoms with Gasteiger partial charge >= 0.3 is 5.97 Å². The number of hydrogen-bond donors (Lipinski definition) is 1. The molecule has 3 aromatic rings. The molecule has 178 valence electrons. The van der Waals surface area contributed by atoms with Crippen LogP contribution in [-0.4, -0.2) is 32.8 Å². The summed E-state index contributed by atoms with van der Waals surface area (Å²) in [6.45, 7) is 6.57. The van der Waals surface area contributed by atoms with Crippen LogP contribution in [0.1, 0.15) is 39.4 Å². The zero-order chi connectivity index (χ0) is 24.5. The van der Waals surface area contributed by atoms with E-state index in [0.29, 0.717) is 18.7 Å². The Morgan fingerprint density at radius 1 is 1.06 bits per heavy atom. The van der Waals surface area contributed by atoms with Crippen molar-refractivity contribution in [2.75, 3.05) is 0 Å². The van der Waals surface area contributed by atoms with Gasteiger partial charge in [-0.15, -0.1) is 0 Å². The van der Waals surface area contributed by atoms with Gasteiger partial charge in [0.1, 0.15) is 23.6 Å². The first-order valence-electron chi connectivity index (χ1n) is 11.3. The molecular formula is C27H28F2N2O3. The molecule has 1 aliphatic rings. The molecule has 1 saturated heterocycles. The topological polar surface area (TPSA) is 64.3 Å². The predicted molar refractivity (Wildman–Crippen MR) is 126 cm³/mol. The molecule has 2 atom stereocenters. The number of rotatable bonds is 5. The third-order valence-electron chi connectivity index (χ3n) is 5.70. The molecule has 0 spiro atoms. The summed E-state index contributed by atoms with van der Waals surface area (Å²) in [5.74, 6) is -0.296. The molecule has 7 heteroatoms. The molecule has 0 radical (unpaired) electrons. The van der Waals surface area contributed by atoms with Gasteiger partial charge in [0.15, 0.2) is 0 Å². The number of imidazole rings is 1. The van der Waals surface area contributed by atoms with Crippen LogP contribution in [0.15, 0.2) is 60.7 Å². The number of benzene rings is 2. The Labute approximate surface area is 197 Å². The van der Waals surface area contributed by atoms with Crippen molar-refractivity contribution in [1.29, 1.82) is 0 Å². The van der Waals surface area contributed by atoms with E-state index in [9.17, 15) is 18.7 Å². The number of carbonyl (C=O) groups excluding carboxylic acids is 1. The van der Waals surface area contributed by atoms with Crippen LogP contribution in [0.2, 0.25) is 0 Å². The van der Waals surface area contributed by atoms with Crippen molar-refractivity contribution in [3.8, 4) is 22.5 Å². The van der Waals surface area contributed by atoms with Gasteiger partial charge in [-0.25, -0.2) is 13.8 Å². The second kappa shape index (κ2) is 9.50. The highest BCUT2D eigenvalue weighted by Crippen LogP contribution is 2.37. The minimum atomic E-state index is -0.714. The Hall–Kier alpha value is -3.32. The van der Waals surface area contributed by atoms with Crippen molar-refractivity contribution in [2.45, 2.75) is 57.8 Å². The largest absolute Gasteiger partial charge is 0.458 e. The number of aliphatic hydroxyl groups excluding tert-OH is 1. The van der Waals surface area contributed by atoms with E-state index >= 15 is 0 Å². The molecular weight excluding hydrogens is 438 g/mol. The molecule has 2 aromatic carbocycles. The maximum absolute atomic E-state index is 13.7. The zero-order valence-corrected chi connectivity index (χ0v) is 19.5. The van der Waals surface area contributed by atoms with Crippen LogP contribution < -0.4 is 0 Å². The van der Waals surface area contributed by atoms with Crippen LogP contribution in [0.3, 0.4) is 0 Å². The molecule has 34 heavy (non-hydrogen) atoms. The van der Waals surface area contributed by atoms with Gasteiger partial charge in [-0.05, 0) is 54.6 Å². The van der Waals surface area contributed by atoms with E-state index in [1.54, 1.807) is 30.3 Å². The first kappa shape index (κ1) is 23.8. The lowest BCUT2D eigenvalue weighted by molar-refractivity contribution is -0.156. The van der Waals surface area contributed by atoms with E-state index in [0.717, 1.165) is 22.6 Å². The number of allylic oxidation sites excluding steroid dienone is 1. The summed E-state index contributed by atoms with van der Waals surface area (Å²) >= 11 is 0. The fourth-order valence-electron chi connectivity index (χ4n) is 4.16. The highest BCUT2D eigenvalue weighted by atomic mass is 19.1. The molecule has 1 aliphatic heterocycles. The number of cyclic esters (lactones) is 1. The fraction of sp³-hybridized carbons (Fsp3) is 0.333. The van der Waals surface area contributed by atoms with Gasteiger partial charge in [-0.2, -0.15) is 0 Å². The predicted octanol–water partition coefficient (Wildman–Crippen LogP) is 5.42. The van der Waals surface area contributed by atoms with Gasteiger partial charge in [0.05, 0.1) is 23.9 Å². The monoisotopic (exact) mass is 466 g/mol. The molecule has 0 amide bonds. The zero-order valence-electron chi connectivity index (χ0n) is 19.5. The minimum absolute atomic E-state index is 0.00970. The third kappa shape index (κ3) is 5.25. The normalized spacial score (nSPS) is 18.9. The van der Waals surface area contributed by atoms with Crippen LogP contribution in [-0.2, 0) is 21.5 Å². The smallest absolute Gasteiger partial charge is 0.309 e. The van der Waals surface area contributed by atoms with Gasteiger partial charge < -0.3 is 14.4 Å². The Morgan fingerprint density at radius 3 is 2.21 bits per heavy atom. The van der Waals surface area contributed by atoms with Gasteiger partial charge in [0.2, 0.25) is 0 Å². The molecule has 0 saturated carbocycles. The number of nitrogens with zero attached hydrogens (tertiary/aromatic N) is 2. The Balaban J connectivity index is 1.81. The van der Waals surface area contributed by atoms with Crippen molar-refractivity contribution in [3.05, 3.63) is 78.1 Å². The van der Waals surface area contributed by atoms with Crippen LogP contribution >= 0.6 is 0 Å². The average Bonchev–Trinajstić information content (AvgIpc) is 3.14. The quantitative estimate of drug-likeness (QED) is 0.403. The van der Waals surface area contributed by atoms with E-state index < -0.39 is 18.2 Å². The molecule has 5 nitrogen and oxygen atoms in total. The van der Waals surface area contributed by atoms with Crippen LogP contribution in [0, 0.1) is 11.6 Å². The maximum atomic E-state index is 13.7. The van der Waals surface area contributed by atoms with Crippen LogP contribution in [0.25, 0.3) is 22.5 Å². The van der Waals surface area contributed by atoms with Crippen LogP contribution in [0.5, 0.6) is 0 Å². The number of carbonyl (C=O) groups is 1.